The Balaban J connectivity index is 1.33. The number of amides is 1. The number of anilines is 1. The molecule has 0 radical (unpaired) electrons. The van der Waals surface area contributed by atoms with Gasteiger partial charge in [-0.05, 0) is 54.1 Å². The van der Waals surface area contributed by atoms with Gasteiger partial charge in [0.25, 0.3) is 5.91 Å². The zero-order valence-electron chi connectivity index (χ0n) is 17.8. The molecule has 0 bridgehead atoms. The van der Waals surface area contributed by atoms with Gasteiger partial charge in [-0.3, -0.25) is 9.48 Å². The van der Waals surface area contributed by atoms with E-state index in [9.17, 15) is 4.79 Å². The molecule has 3 aromatic carbocycles. The molecule has 33 heavy (non-hydrogen) atoms. The molecule has 4 rings (SSSR count). The molecule has 168 valence electrons. The third kappa shape index (κ3) is 5.86. The van der Waals surface area contributed by atoms with Crippen LogP contribution in [0.3, 0.4) is 0 Å². The minimum absolute atomic E-state index is 0.229. The number of nitrogens with zero attached hydrogens (tertiary/aromatic N) is 2. The van der Waals surface area contributed by atoms with Gasteiger partial charge in [-0.25, -0.2) is 0 Å². The predicted octanol–water partition coefficient (Wildman–Crippen LogP) is 6.08. The number of rotatable bonds is 8. The second-order valence-electron chi connectivity index (χ2n) is 7.24. The lowest BCUT2D eigenvalue weighted by molar-refractivity contribution is 0.102. The Bertz CT molecular complexity index is 1220. The summed E-state index contributed by atoms with van der Waals surface area (Å²) in [4.78, 5) is 12.6. The fourth-order valence-corrected chi connectivity index (χ4v) is 3.67. The number of benzene rings is 3. The minimum atomic E-state index is -0.229. The van der Waals surface area contributed by atoms with E-state index in [0.717, 1.165) is 22.6 Å². The first kappa shape index (κ1) is 22.7. The van der Waals surface area contributed by atoms with E-state index in [4.69, 9.17) is 32.7 Å². The number of halogens is 2. The van der Waals surface area contributed by atoms with Crippen molar-refractivity contribution in [2.75, 3.05) is 12.4 Å². The molecular weight excluding hydrogens is 461 g/mol. The normalized spacial score (nSPS) is 10.6. The van der Waals surface area contributed by atoms with Crippen molar-refractivity contribution in [2.45, 2.75) is 13.2 Å². The smallest absolute Gasteiger partial charge is 0.255 e. The van der Waals surface area contributed by atoms with Crippen LogP contribution in [0, 0.1) is 0 Å². The number of methoxy groups -OCH3 is 1. The van der Waals surface area contributed by atoms with E-state index < -0.39 is 0 Å². The summed E-state index contributed by atoms with van der Waals surface area (Å²) in [5.41, 5.74) is 2.83. The van der Waals surface area contributed by atoms with Gasteiger partial charge in [-0.1, -0.05) is 41.4 Å². The monoisotopic (exact) mass is 481 g/mol. The van der Waals surface area contributed by atoms with E-state index in [1.807, 2.05) is 36.4 Å². The average Bonchev–Trinajstić information content (AvgIpc) is 3.27. The fourth-order valence-electron chi connectivity index (χ4n) is 3.15. The lowest BCUT2D eigenvalue weighted by Crippen LogP contribution is -2.11. The van der Waals surface area contributed by atoms with Gasteiger partial charge in [0, 0.05) is 27.4 Å². The topological polar surface area (TPSA) is 65.4 Å². The minimum Gasteiger partial charge on any atom is -0.497 e. The summed E-state index contributed by atoms with van der Waals surface area (Å²) in [7, 11) is 1.62. The molecule has 1 N–H and O–H groups in total. The van der Waals surface area contributed by atoms with Crippen LogP contribution >= 0.6 is 23.2 Å². The molecule has 8 heteroatoms. The van der Waals surface area contributed by atoms with Gasteiger partial charge in [0.15, 0.2) is 0 Å². The third-order valence-electron chi connectivity index (χ3n) is 4.95. The number of hydrogen-bond donors (Lipinski definition) is 1. The Hall–Kier alpha value is -3.48. The Labute approximate surface area is 201 Å². The van der Waals surface area contributed by atoms with E-state index in [1.165, 1.54) is 0 Å². The van der Waals surface area contributed by atoms with E-state index in [2.05, 4.69) is 10.4 Å². The van der Waals surface area contributed by atoms with Gasteiger partial charge in [0.1, 0.15) is 18.1 Å². The summed E-state index contributed by atoms with van der Waals surface area (Å²) in [5.74, 6) is 1.29. The van der Waals surface area contributed by atoms with Crippen molar-refractivity contribution in [1.82, 2.24) is 9.78 Å². The molecule has 0 fully saturated rings. The van der Waals surface area contributed by atoms with Gasteiger partial charge >= 0.3 is 0 Å². The zero-order valence-corrected chi connectivity index (χ0v) is 19.3. The largest absolute Gasteiger partial charge is 0.497 e. The highest BCUT2D eigenvalue weighted by molar-refractivity contribution is 6.35. The van der Waals surface area contributed by atoms with E-state index in [0.29, 0.717) is 34.4 Å². The molecule has 0 unspecified atom stereocenters. The van der Waals surface area contributed by atoms with E-state index in [-0.39, 0.29) is 5.91 Å². The van der Waals surface area contributed by atoms with Crippen LogP contribution in [0.5, 0.6) is 11.5 Å². The van der Waals surface area contributed by atoms with Crippen LogP contribution in [-0.2, 0) is 13.2 Å². The third-order valence-corrected chi connectivity index (χ3v) is 5.66. The molecular formula is C25H21Cl2N3O3. The highest BCUT2D eigenvalue weighted by atomic mass is 35.5. The quantitative estimate of drug-likeness (QED) is 0.331. The van der Waals surface area contributed by atoms with Crippen LogP contribution in [0.1, 0.15) is 21.5 Å². The molecule has 0 aliphatic carbocycles. The number of hydrogen-bond acceptors (Lipinski definition) is 4. The lowest BCUT2D eigenvalue weighted by Gasteiger charge is -2.08. The van der Waals surface area contributed by atoms with Crippen LogP contribution in [0.25, 0.3) is 0 Å². The van der Waals surface area contributed by atoms with Crippen molar-refractivity contribution in [3.63, 3.8) is 0 Å². The molecule has 1 aromatic heterocycles. The Morgan fingerprint density at radius 2 is 1.64 bits per heavy atom. The van der Waals surface area contributed by atoms with Crippen LogP contribution in [0.2, 0.25) is 10.0 Å². The first-order chi connectivity index (χ1) is 16.0. The first-order valence-electron chi connectivity index (χ1n) is 10.1. The van der Waals surface area contributed by atoms with Gasteiger partial charge in [-0.15, -0.1) is 0 Å². The molecule has 0 aliphatic rings. The predicted molar refractivity (Wildman–Crippen MR) is 130 cm³/mol. The van der Waals surface area contributed by atoms with Crippen molar-refractivity contribution >= 4 is 34.8 Å². The summed E-state index contributed by atoms with van der Waals surface area (Å²) in [5, 5.41) is 8.27. The SMILES string of the molecule is COc1ccc(OCc2ccc(C(=O)Nc3cnn(Cc4c(Cl)cccc4Cl)c3)cc2)cc1. The summed E-state index contributed by atoms with van der Waals surface area (Å²) >= 11 is 12.4. The van der Waals surface area contributed by atoms with Gasteiger partial charge in [-0.2, -0.15) is 5.10 Å². The molecule has 0 saturated heterocycles. The van der Waals surface area contributed by atoms with Crippen LogP contribution < -0.4 is 14.8 Å². The van der Waals surface area contributed by atoms with Gasteiger partial charge in [0.2, 0.25) is 0 Å². The van der Waals surface area contributed by atoms with Gasteiger partial charge in [0.05, 0.1) is 25.5 Å². The van der Waals surface area contributed by atoms with E-state index >= 15 is 0 Å². The maximum absolute atomic E-state index is 12.6. The molecule has 0 saturated carbocycles. The summed E-state index contributed by atoms with van der Waals surface area (Å²) in [6.45, 7) is 0.795. The molecule has 0 aliphatic heterocycles. The summed E-state index contributed by atoms with van der Waals surface area (Å²) < 4.78 is 12.6. The number of carbonyl (C=O) groups excluding carboxylic acids is 1. The van der Waals surface area contributed by atoms with Crippen LogP contribution in [0.4, 0.5) is 5.69 Å². The van der Waals surface area contributed by atoms with Gasteiger partial charge < -0.3 is 14.8 Å². The number of carbonyl (C=O) groups is 1. The maximum Gasteiger partial charge on any atom is 0.255 e. The molecule has 6 nitrogen and oxygen atoms in total. The van der Waals surface area contributed by atoms with Crippen molar-refractivity contribution in [3.8, 4) is 11.5 Å². The van der Waals surface area contributed by atoms with Crippen molar-refractivity contribution in [1.29, 1.82) is 0 Å². The Morgan fingerprint density at radius 1 is 0.970 bits per heavy atom. The second-order valence-corrected chi connectivity index (χ2v) is 8.06. The molecule has 4 aromatic rings. The number of ether oxygens (including phenoxy) is 2. The average molecular weight is 482 g/mol. The second kappa shape index (κ2) is 10.4. The van der Waals surface area contributed by atoms with Crippen molar-refractivity contribution in [3.05, 3.63) is 106 Å². The first-order valence-corrected chi connectivity index (χ1v) is 10.9. The van der Waals surface area contributed by atoms with Crippen LogP contribution in [-0.4, -0.2) is 22.8 Å². The number of nitrogens with one attached hydrogen (secondary N) is 1. The van der Waals surface area contributed by atoms with Crippen LogP contribution in [0.15, 0.2) is 79.1 Å². The van der Waals surface area contributed by atoms with E-state index in [1.54, 1.807) is 54.5 Å². The maximum atomic E-state index is 12.6. The molecule has 1 amide bonds. The standard InChI is InChI=1S/C25H21Cl2N3O3/c1-32-20-9-11-21(12-10-20)33-16-17-5-7-18(8-6-17)25(31)29-19-13-28-30(14-19)15-22-23(26)3-2-4-24(22)27/h2-14H,15-16H2,1H3,(H,29,31). The molecule has 0 atom stereocenters. The Morgan fingerprint density at radius 3 is 2.30 bits per heavy atom. The van der Waals surface area contributed by atoms with Crippen molar-refractivity contribution < 1.29 is 14.3 Å². The zero-order chi connectivity index (χ0) is 23.2. The Kier molecular flexibility index (Phi) is 7.17. The fraction of sp³-hybridized carbons (Fsp3) is 0.120. The van der Waals surface area contributed by atoms with Crippen molar-refractivity contribution in [2.24, 2.45) is 0 Å². The molecule has 0 spiro atoms. The highest BCUT2D eigenvalue weighted by Crippen LogP contribution is 2.25. The summed E-state index contributed by atoms with van der Waals surface area (Å²) in [6.07, 6.45) is 3.31. The summed E-state index contributed by atoms with van der Waals surface area (Å²) in [6, 6.07) is 20.0. The molecule has 1 heterocycles. The number of aromatic nitrogens is 2. The lowest BCUT2D eigenvalue weighted by atomic mass is 10.1. The highest BCUT2D eigenvalue weighted by Gasteiger charge is 2.10.